The summed E-state index contributed by atoms with van der Waals surface area (Å²) >= 11 is 0. The summed E-state index contributed by atoms with van der Waals surface area (Å²) in [7, 11) is -3.99. The molecule has 29 heavy (non-hydrogen) atoms. The molecule has 1 aliphatic carbocycles. The topological polar surface area (TPSA) is 74.6 Å². The molecule has 0 saturated heterocycles. The number of fused-ring (bicyclic) bond motifs is 1. The number of carbonyl (C=O) groups excluding carboxylic acids is 1. The minimum absolute atomic E-state index is 0.0261. The molecule has 0 bridgehead atoms. The molecule has 152 valence electrons. The molecule has 6 nitrogen and oxygen atoms in total. The molecule has 0 N–H and O–H groups in total. The van der Waals surface area contributed by atoms with Crippen LogP contribution in [-0.4, -0.2) is 31.6 Å². The van der Waals surface area contributed by atoms with Gasteiger partial charge in [0.2, 0.25) is 0 Å². The van der Waals surface area contributed by atoms with Crippen LogP contribution in [0.25, 0.3) is 10.9 Å². The number of ether oxygens (including phenoxy) is 2. The number of aryl methyl sites for hydroxylation is 1. The molecule has 4 rings (SSSR count). The molecular formula is C22H23NO5S. The molecule has 1 fully saturated rings. The van der Waals surface area contributed by atoms with Gasteiger partial charge in [0.1, 0.15) is 11.4 Å². The predicted molar refractivity (Wildman–Crippen MR) is 110 cm³/mol. The quantitative estimate of drug-likeness (QED) is 0.544. The molecule has 1 aromatic heterocycles. The van der Waals surface area contributed by atoms with Gasteiger partial charge in [0, 0.05) is 5.39 Å². The highest BCUT2D eigenvalue weighted by atomic mass is 32.2. The van der Waals surface area contributed by atoms with E-state index >= 15 is 0 Å². The highest BCUT2D eigenvalue weighted by Gasteiger charge is 2.27. The van der Waals surface area contributed by atoms with Crippen LogP contribution in [0.1, 0.15) is 35.8 Å². The van der Waals surface area contributed by atoms with Gasteiger partial charge in [0.05, 0.1) is 23.6 Å². The molecule has 0 atom stereocenters. The first kappa shape index (κ1) is 19.5. The lowest BCUT2D eigenvalue weighted by atomic mass is 10.2. The van der Waals surface area contributed by atoms with Crippen molar-refractivity contribution in [3.05, 3.63) is 59.8 Å². The van der Waals surface area contributed by atoms with Crippen molar-refractivity contribution in [3.63, 3.8) is 0 Å². The zero-order valence-corrected chi connectivity index (χ0v) is 17.2. The minimum atomic E-state index is -3.99. The van der Waals surface area contributed by atoms with Crippen LogP contribution in [0.4, 0.5) is 0 Å². The van der Waals surface area contributed by atoms with Gasteiger partial charge in [-0.3, -0.25) is 0 Å². The summed E-state index contributed by atoms with van der Waals surface area (Å²) < 4.78 is 38.7. The number of rotatable bonds is 7. The number of nitrogens with zero attached hydrogens (tertiary/aromatic N) is 1. The summed E-state index contributed by atoms with van der Waals surface area (Å²) in [6.45, 7) is 4.37. The van der Waals surface area contributed by atoms with E-state index in [1.54, 1.807) is 55.5 Å². The molecule has 0 aliphatic heterocycles. The summed E-state index contributed by atoms with van der Waals surface area (Å²) in [5.41, 5.74) is 1.33. The van der Waals surface area contributed by atoms with Crippen LogP contribution in [0.2, 0.25) is 0 Å². The lowest BCUT2D eigenvalue weighted by Gasteiger charge is -2.12. The third kappa shape index (κ3) is 3.87. The Hall–Kier alpha value is -2.80. The lowest BCUT2D eigenvalue weighted by molar-refractivity contribution is 0.0518. The normalized spacial score (nSPS) is 14.1. The second-order valence-electron chi connectivity index (χ2n) is 7.31. The smallest absolute Gasteiger partial charge is 0.356 e. The Bertz CT molecular complexity index is 1160. The van der Waals surface area contributed by atoms with Gasteiger partial charge >= 0.3 is 5.97 Å². The highest BCUT2D eigenvalue weighted by molar-refractivity contribution is 7.90. The standard InChI is InChI=1S/C22H23NO5S/c1-3-27-22(24)21-13-17-12-18(28-14-16-6-7-16)8-11-20(17)23(21)29(25,26)19-9-4-15(2)5-10-19/h4-5,8-13,16H,3,6-7,14H2,1-2H3. The van der Waals surface area contributed by atoms with E-state index in [0.29, 0.717) is 29.2 Å². The SMILES string of the molecule is CCOC(=O)c1cc2cc(OCC3CC3)ccc2n1S(=O)(=O)c1ccc(C)cc1. The molecule has 1 saturated carbocycles. The van der Waals surface area contributed by atoms with Gasteiger partial charge in [0.25, 0.3) is 10.0 Å². The fourth-order valence-corrected chi connectivity index (χ4v) is 4.68. The van der Waals surface area contributed by atoms with Crippen LogP contribution in [0.5, 0.6) is 5.75 Å². The summed E-state index contributed by atoms with van der Waals surface area (Å²) in [5.74, 6) is 0.580. The molecule has 0 amide bonds. The van der Waals surface area contributed by atoms with Crippen molar-refractivity contribution >= 4 is 26.9 Å². The number of hydrogen-bond acceptors (Lipinski definition) is 5. The first-order chi connectivity index (χ1) is 13.9. The third-order valence-corrected chi connectivity index (χ3v) is 6.70. The van der Waals surface area contributed by atoms with Gasteiger partial charge in [-0.15, -0.1) is 0 Å². The average Bonchev–Trinajstić information content (AvgIpc) is 3.44. The maximum absolute atomic E-state index is 13.4. The molecule has 1 aliphatic rings. The molecule has 3 aromatic rings. The van der Waals surface area contributed by atoms with Gasteiger partial charge in [0.15, 0.2) is 0 Å². The van der Waals surface area contributed by atoms with Gasteiger partial charge in [-0.2, -0.15) is 0 Å². The van der Waals surface area contributed by atoms with Crippen LogP contribution in [0.3, 0.4) is 0 Å². The van der Waals surface area contributed by atoms with E-state index in [0.717, 1.165) is 9.54 Å². The van der Waals surface area contributed by atoms with Crippen molar-refractivity contribution in [1.82, 2.24) is 3.97 Å². The Labute approximate surface area is 170 Å². The molecule has 7 heteroatoms. The summed E-state index contributed by atoms with van der Waals surface area (Å²) in [5, 5.41) is 0.608. The van der Waals surface area contributed by atoms with E-state index in [4.69, 9.17) is 9.47 Å². The van der Waals surface area contributed by atoms with Crippen LogP contribution >= 0.6 is 0 Å². The highest BCUT2D eigenvalue weighted by Crippen LogP contribution is 2.32. The van der Waals surface area contributed by atoms with E-state index in [-0.39, 0.29) is 17.2 Å². The van der Waals surface area contributed by atoms with Crippen LogP contribution < -0.4 is 4.74 Å². The average molecular weight is 413 g/mol. The summed E-state index contributed by atoms with van der Waals surface area (Å²) in [6, 6.07) is 13.3. The fraction of sp³-hybridized carbons (Fsp3) is 0.318. The maximum atomic E-state index is 13.4. The van der Waals surface area contributed by atoms with E-state index < -0.39 is 16.0 Å². The maximum Gasteiger partial charge on any atom is 0.356 e. The number of carbonyl (C=O) groups is 1. The van der Waals surface area contributed by atoms with Crippen molar-refractivity contribution in [2.75, 3.05) is 13.2 Å². The molecule has 0 radical (unpaired) electrons. The predicted octanol–water partition coefficient (Wildman–Crippen LogP) is 4.15. The number of benzene rings is 2. The number of esters is 1. The molecular weight excluding hydrogens is 390 g/mol. The van der Waals surface area contributed by atoms with Crippen LogP contribution in [-0.2, 0) is 14.8 Å². The van der Waals surface area contributed by atoms with Crippen molar-refractivity contribution in [2.45, 2.75) is 31.6 Å². The van der Waals surface area contributed by atoms with Gasteiger partial charge in [-0.05, 0) is 69.0 Å². The minimum Gasteiger partial charge on any atom is -0.493 e. The van der Waals surface area contributed by atoms with Crippen molar-refractivity contribution in [1.29, 1.82) is 0 Å². The van der Waals surface area contributed by atoms with Crippen molar-refractivity contribution in [2.24, 2.45) is 5.92 Å². The Balaban J connectivity index is 1.83. The number of aromatic nitrogens is 1. The monoisotopic (exact) mass is 413 g/mol. The van der Waals surface area contributed by atoms with E-state index in [1.165, 1.54) is 12.8 Å². The van der Waals surface area contributed by atoms with Crippen molar-refractivity contribution < 1.29 is 22.7 Å². The second-order valence-corrected chi connectivity index (χ2v) is 9.09. The Morgan fingerprint density at radius 3 is 2.48 bits per heavy atom. The van der Waals surface area contributed by atoms with Crippen LogP contribution in [0, 0.1) is 12.8 Å². The van der Waals surface area contributed by atoms with Gasteiger partial charge < -0.3 is 9.47 Å². The zero-order chi connectivity index (χ0) is 20.6. The summed E-state index contributed by atoms with van der Waals surface area (Å²) in [6.07, 6.45) is 2.36. The molecule has 0 unspecified atom stereocenters. The first-order valence-electron chi connectivity index (χ1n) is 9.68. The first-order valence-corrected chi connectivity index (χ1v) is 11.1. The fourth-order valence-electron chi connectivity index (χ4n) is 3.18. The molecule has 0 spiro atoms. The van der Waals surface area contributed by atoms with Gasteiger partial charge in [-0.1, -0.05) is 17.7 Å². The molecule has 1 heterocycles. The second kappa shape index (κ2) is 7.55. The summed E-state index contributed by atoms with van der Waals surface area (Å²) in [4.78, 5) is 12.6. The van der Waals surface area contributed by atoms with Crippen molar-refractivity contribution in [3.8, 4) is 5.75 Å². The van der Waals surface area contributed by atoms with Gasteiger partial charge in [-0.25, -0.2) is 17.2 Å². The van der Waals surface area contributed by atoms with E-state index in [9.17, 15) is 13.2 Å². The van der Waals surface area contributed by atoms with E-state index in [1.807, 2.05) is 6.92 Å². The Kier molecular flexibility index (Phi) is 5.08. The Morgan fingerprint density at radius 1 is 1.10 bits per heavy atom. The van der Waals surface area contributed by atoms with E-state index in [2.05, 4.69) is 0 Å². The van der Waals surface area contributed by atoms with Crippen LogP contribution in [0.15, 0.2) is 53.4 Å². The third-order valence-electron chi connectivity index (χ3n) is 4.96. The largest absolute Gasteiger partial charge is 0.493 e. The molecule has 2 aromatic carbocycles. The Morgan fingerprint density at radius 2 is 1.83 bits per heavy atom. The number of hydrogen-bond donors (Lipinski definition) is 0. The zero-order valence-electron chi connectivity index (χ0n) is 16.4. The lowest BCUT2D eigenvalue weighted by Crippen LogP contribution is -2.19.